The highest BCUT2D eigenvalue weighted by atomic mass is 19.1. The summed E-state index contributed by atoms with van der Waals surface area (Å²) in [6.07, 6.45) is 0.452. The van der Waals surface area contributed by atoms with E-state index in [1.54, 1.807) is 0 Å². The van der Waals surface area contributed by atoms with Crippen LogP contribution in [-0.2, 0) is 4.74 Å². The van der Waals surface area contributed by atoms with E-state index in [1.165, 1.54) is 0 Å². The smallest absolute Gasteiger partial charge is 0.343 e. The van der Waals surface area contributed by atoms with Gasteiger partial charge in [0.1, 0.15) is 22.9 Å². The first kappa shape index (κ1) is 18.6. The Hall–Kier alpha value is -3.16. The van der Waals surface area contributed by atoms with Gasteiger partial charge in [0.15, 0.2) is 0 Å². The molecule has 8 heteroatoms. The summed E-state index contributed by atoms with van der Waals surface area (Å²) in [6.45, 7) is 1.89. The summed E-state index contributed by atoms with van der Waals surface area (Å²) in [5.74, 6) is -2.70. The van der Waals surface area contributed by atoms with E-state index in [9.17, 15) is 18.4 Å². The predicted octanol–water partition coefficient (Wildman–Crippen LogP) is 3.79. The van der Waals surface area contributed by atoms with Gasteiger partial charge >= 0.3 is 12.0 Å². The number of para-hydroxylation sites is 1. The number of halogens is 2. The minimum absolute atomic E-state index is 0.0978. The fourth-order valence-electron chi connectivity index (χ4n) is 3.00. The van der Waals surface area contributed by atoms with Crippen molar-refractivity contribution in [3.8, 4) is 5.75 Å². The van der Waals surface area contributed by atoms with Crippen molar-refractivity contribution in [1.29, 1.82) is 0 Å². The number of carbonyl (C=O) groups excluding carboxylic acids is 2. The second-order valence-electron chi connectivity index (χ2n) is 6.16. The van der Waals surface area contributed by atoms with Crippen LogP contribution in [0.1, 0.15) is 35.3 Å². The molecule has 142 valence electrons. The van der Waals surface area contributed by atoms with Crippen LogP contribution in [0.3, 0.4) is 0 Å². The van der Waals surface area contributed by atoms with Crippen LogP contribution in [0.4, 0.5) is 19.3 Å². The van der Waals surface area contributed by atoms with E-state index in [-0.39, 0.29) is 17.8 Å². The molecule has 0 fully saturated rings. The van der Waals surface area contributed by atoms with Crippen LogP contribution in [-0.4, -0.2) is 25.2 Å². The van der Waals surface area contributed by atoms with Crippen molar-refractivity contribution in [3.63, 3.8) is 0 Å². The average Bonchev–Trinajstić information content (AvgIpc) is 2.60. The summed E-state index contributed by atoms with van der Waals surface area (Å²) < 4.78 is 38.0. The van der Waals surface area contributed by atoms with Gasteiger partial charge in [-0.15, -0.1) is 0 Å². The Kier molecular flexibility index (Phi) is 5.25. The van der Waals surface area contributed by atoms with Gasteiger partial charge in [-0.25, -0.2) is 18.4 Å². The molecule has 6 nitrogen and oxygen atoms in total. The fraction of sp³-hybridized carbons (Fsp3) is 0.263. The number of esters is 1. The Balaban J connectivity index is 1.74. The second kappa shape index (κ2) is 7.61. The third-order valence-corrected chi connectivity index (χ3v) is 4.19. The van der Waals surface area contributed by atoms with Gasteiger partial charge in [-0.1, -0.05) is 18.2 Å². The standard InChI is InChI=1S/C19H18F2N2O4/c1-10-7-15(12-5-3-4-6-16(12)27-10)23-19(25)22-11-8-13(20)17(14(21)9-11)18(24)26-2/h3-6,8-10,15H,7H2,1-2H3,(H2,22,23,25)/t10-,15-/m1/s1. The maximum Gasteiger partial charge on any atom is 0.343 e. The Bertz CT molecular complexity index is 865. The molecule has 2 aromatic carbocycles. The first-order chi connectivity index (χ1) is 12.9. The van der Waals surface area contributed by atoms with E-state index >= 15 is 0 Å². The van der Waals surface area contributed by atoms with Crippen molar-refractivity contribution in [2.24, 2.45) is 0 Å². The number of fused-ring (bicyclic) bond motifs is 1. The van der Waals surface area contributed by atoms with Gasteiger partial charge < -0.3 is 20.1 Å². The number of hydrogen-bond acceptors (Lipinski definition) is 4. The molecular weight excluding hydrogens is 358 g/mol. The molecule has 2 atom stereocenters. The molecule has 2 N–H and O–H groups in total. The fourth-order valence-corrected chi connectivity index (χ4v) is 3.00. The van der Waals surface area contributed by atoms with Crippen LogP contribution in [0.2, 0.25) is 0 Å². The molecule has 0 bridgehead atoms. The highest BCUT2D eigenvalue weighted by molar-refractivity contribution is 5.93. The van der Waals surface area contributed by atoms with Crippen molar-refractivity contribution < 1.29 is 27.8 Å². The minimum Gasteiger partial charge on any atom is -0.490 e. The predicted molar refractivity (Wildman–Crippen MR) is 93.7 cm³/mol. The number of ether oxygens (including phenoxy) is 2. The molecule has 2 amide bonds. The largest absolute Gasteiger partial charge is 0.490 e. The van der Waals surface area contributed by atoms with E-state index in [2.05, 4.69) is 15.4 Å². The Morgan fingerprint density at radius 1 is 1.19 bits per heavy atom. The summed E-state index contributed by atoms with van der Waals surface area (Å²) >= 11 is 0. The molecule has 0 radical (unpaired) electrons. The van der Waals surface area contributed by atoms with E-state index < -0.39 is 29.2 Å². The van der Waals surface area contributed by atoms with Gasteiger partial charge in [-0.2, -0.15) is 0 Å². The number of nitrogens with one attached hydrogen (secondary N) is 2. The van der Waals surface area contributed by atoms with Crippen LogP contribution in [0.5, 0.6) is 5.75 Å². The first-order valence-corrected chi connectivity index (χ1v) is 8.29. The highest BCUT2D eigenvalue weighted by Crippen LogP contribution is 2.34. The lowest BCUT2D eigenvalue weighted by Crippen LogP contribution is -2.37. The van der Waals surface area contributed by atoms with Crippen LogP contribution in [0, 0.1) is 11.6 Å². The lowest BCUT2D eigenvalue weighted by molar-refractivity contribution is 0.0590. The lowest BCUT2D eigenvalue weighted by atomic mass is 9.97. The van der Waals surface area contributed by atoms with Crippen molar-refractivity contribution in [2.75, 3.05) is 12.4 Å². The molecule has 0 unspecified atom stereocenters. The van der Waals surface area contributed by atoms with Crippen molar-refractivity contribution in [3.05, 3.63) is 59.2 Å². The zero-order valence-electron chi connectivity index (χ0n) is 14.7. The van der Waals surface area contributed by atoms with Crippen molar-refractivity contribution >= 4 is 17.7 Å². The molecule has 1 heterocycles. The average molecular weight is 376 g/mol. The molecule has 0 spiro atoms. The van der Waals surface area contributed by atoms with E-state index in [4.69, 9.17) is 4.74 Å². The van der Waals surface area contributed by atoms with E-state index in [1.807, 2.05) is 31.2 Å². The van der Waals surface area contributed by atoms with Gasteiger partial charge in [0.25, 0.3) is 0 Å². The zero-order chi connectivity index (χ0) is 19.6. The molecule has 0 aliphatic carbocycles. The Labute approximate surface area is 154 Å². The van der Waals surface area contributed by atoms with Crippen molar-refractivity contribution in [2.45, 2.75) is 25.5 Å². The van der Waals surface area contributed by atoms with Crippen LogP contribution in [0.25, 0.3) is 0 Å². The summed E-state index contributed by atoms with van der Waals surface area (Å²) in [6, 6.07) is 8.10. The van der Waals surface area contributed by atoms with Crippen LogP contribution in [0.15, 0.2) is 36.4 Å². The molecule has 3 rings (SSSR count). The molecule has 27 heavy (non-hydrogen) atoms. The molecule has 2 aromatic rings. The maximum absolute atomic E-state index is 14.0. The summed E-state index contributed by atoms with van der Waals surface area (Å²) in [7, 11) is 1.02. The summed E-state index contributed by atoms with van der Waals surface area (Å²) in [5, 5.41) is 5.15. The molecular formula is C19H18F2N2O4. The van der Waals surface area contributed by atoms with Gasteiger partial charge in [0.05, 0.1) is 19.3 Å². The normalized spacial score (nSPS) is 18.1. The maximum atomic E-state index is 14.0. The number of rotatable bonds is 3. The molecule has 0 saturated heterocycles. The molecule has 0 aromatic heterocycles. The third kappa shape index (κ3) is 3.99. The Morgan fingerprint density at radius 2 is 1.85 bits per heavy atom. The monoisotopic (exact) mass is 376 g/mol. The summed E-state index contributed by atoms with van der Waals surface area (Å²) in [5.41, 5.74) is -0.108. The number of hydrogen-bond donors (Lipinski definition) is 2. The van der Waals surface area contributed by atoms with E-state index in [0.717, 1.165) is 24.8 Å². The zero-order valence-corrected chi connectivity index (χ0v) is 14.7. The SMILES string of the molecule is COC(=O)c1c(F)cc(NC(=O)N[C@@H]2C[C@@H](C)Oc3ccccc32)cc1F. The topological polar surface area (TPSA) is 76.7 Å². The summed E-state index contributed by atoms with van der Waals surface area (Å²) in [4.78, 5) is 23.7. The minimum atomic E-state index is -1.13. The molecule has 1 aliphatic heterocycles. The number of benzene rings is 2. The molecule has 1 aliphatic rings. The lowest BCUT2D eigenvalue weighted by Gasteiger charge is -2.30. The second-order valence-corrected chi connectivity index (χ2v) is 6.16. The third-order valence-electron chi connectivity index (χ3n) is 4.19. The number of carbonyl (C=O) groups is 2. The van der Waals surface area contributed by atoms with Crippen LogP contribution < -0.4 is 15.4 Å². The van der Waals surface area contributed by atoms with E-state index in [0.29, 0.717) is 12.2 Å². The van der Waals surface area contributed by atoms with Gasteiger partial charge in [-0.3, -0.25) is 0 Å². The van der Waals surface area contributed by atoms with Gasteiger partial charge in [0, 0.05) is 17.7 Å². The quantitative estimate of drug-likeness (QED) is 0.800. The first-order valence-electron chi connectivity index (χ1n) is 8.29. The number of anilines is 1. The highest BCUT2D eigenvalue weighted by Gasteiger charge is 2.27. The number of amides is 2. The number of urea groups is 1. The van der Waals surface area contributed by atoms with Gasteiger partial charge in [0.2, 0.25) is 0 Å². The van der Waals surface area contributed by atoms with Crippen LogP contribution >= 0.6 is 0 Å². The van der Waals surface area contributed by atoms with Gasteiger partial charge in [-0.05, 0) is 25.1 Å². The number of methoxy groups -OCH3 is 1. The van der Waals surface area contributed by atoms with Crippen molar-refractivity contribution in [1.82, 2.24) is 5.32 Å². The Morgan fingerprint density at radius 3 is 2.52 bits per heavy atom. The molecule has 0 saturated carbocycles.